The average Bonchev–Trinajstić information content (AvgIpc) is 2.39. The van der Waals surface area contributed by atoms with Crippen LogP contribution in [-0.2, 0) is 0 Å². The minimum Gasteiger partial charge on any atom is -0.316 e. The molecule has 2 heterocycles. The lowest BCUT2D eigenvalue weighted by atomic mass is 9.75. The molecule has 0 bridgehead atoms. The van der Waals surface area contributed by atoms with E-state index >= 15 is 0 Å². The van der Waals surface area contributed by atoms with E-state index < -0.39 is 5.95 Å². The van der Waals surface area contributed by atoms with Gasteiger partial charge in [0.1, 0.15) is 0 Å². The van der Waals surface area contributed by atoms with Crippen molar-refractivity contribution in [1.29, 1.82) is 0 Å². The molecule has 3 rings (SSSR count). The van der Waals surface area contributed by atoms with E-state index in [1.54, 1.807) is 6.20 Å². The minimum absolute atomic E-state index is 0.401. The Morgan fingerprint density at radius 1 is 1.29 bits per heavy atom. The van der Waals surface area contributed by atoms with Crippen molar-refractivity contribution in [2.75, 3.05) is 13.1 Å². The van der Waals surface area contributed by atoms with Gasteiger partial charge in [-0.05, 0) is 67.5 Å². The summed E-state index contributed by atoms with van der Waals surface area (Å²) in [4.78, 5) is 3.74. The monoisotopic (exact) mass is 232 g/mol. The second-order valence-electron chi connectivity index (χ2n) is 5.05. The summed E-state index contributed by atoms with van der Waals surface area (Å²) in [5, 5.41) is 3.46. The zero-order chi connectivity index (χ0) is 11.7. The summed E-state index contributed by atoms with van der Waals surface area (Å²) in [5.74, 6) is 1.18. The van der Waals surface area contributed by atoms with Crippen LogP contribution in [0.25, 0.3) is 5.57 Å². The van der Waals surface area contributed by atoms with Crippen LogP contribution < -0.4 is 5.32 Å². The molecular formula is C14H17FN2. The lowest BCUT2D eigenvalue weighted by Gasteiger charge is -2.35. The van der Waals surface area contributed by atoms with Crippen molar-refractivity contribution >= 4 is 5.57 Å². The smallest absolute Gasteiger partial charge is 0.212 e. The van der Waals surface area contributed by atoms with E-state index in [0.717, 1.165) is 36.9 Å². The average molecular weight is 232 g/mol. The maximum absolute atomic E-state index is 12.8. The molecule has 0 unspecified atom stereocenters. The van der Waals surface area contributed by atoms with Crippen molar-refractivity contribution in [1.82, 2.24) is 10.3 Å². The van der Waals surface area contributed by atoms with E-state index in [0.29, 0.717) is 0 Å². The van der Waals surface area contributed by atoms with Crippen molar-refractivity contribution in [3.05, 3.63) is 35.9 Å². The molecule has 0 saturated carbocycles. The third kappa shape index (κ3) is 2.25. The Kier molecular flexibility index (Phi) is 2.93. The van der Waals surface area contributed by atoms with Gasteiger partial charge in [0.15, 0.2) is 0 Å². The number of halogens is 1. The van der Waals surface area contributed by atoms with Crippen LogP contribution in [0.1, 0.15) is 24.8 Å². The van der Waals surface area contributed by atoms with Crippen molar-refractivity contribution in [3.63, 3.8) is 0 Å². The van der Waals surface area contributed by atoms with E-state index in [9.17, 15) is 4.39 Å². The van der Waals surface area contributed by atoms with Crippen LogP contribution in [0.15, 0.2) is 24.4 Å². The Morgan fingerprint density at radius 3 is 3.06 bits per heavy atom. The van der Waals surface area contributed by atoms with Gasteiger partial charge in [-0.2, -0.15) is 4.39 Å². The summed E-state index contributed by atoms with van der Waals surface area (Å²) >= 11 is 0. The predicted octanol–water partition coefficient (Wildman–Crippen LogP) is 2.62. The van der Waals surface area contributed by atoms with Crippen molar-refractivity contribution < 1.29 is 4.39 Å². The fourth-order valence-electron chi connectivity index (χ4n) is 2.99. The second kappa shape index (κ2) is 4.57. The van der Waals surface area contributed by atoms with E-state index in [1.165, 1.54) is 24.5 Å². The third-order valence-electron chi connectivity index (χ3n) is 4.01. The molecule has 1 aliphatic heterocycles. The normalized spacial score (nSPS) is 28.4. The molecule has 1 N–H and O–H groups in total. The lowest BCUT2D eigenvalue weighted by molar-refractivity contribution is 0.252. The standard InChI is InChI=1S/C14H17FN2/c15-14-4-3-12(9-17-14)11-2-1-10-5-6-16-8-13(10)7-11/h2-4,9-10,13,16H,1,5-8H2/t10-,13+/m1/s1. The van der Waals surface area contributed by atoms with Crippen LogP contribution in [0, 0.1) is 17.8 Å². The first kappa shape index (κ1) is 10.9. The number of fused-ring (bicyclic) bond motifs is 1. The number of piperidine rings is 1. The zero-order valence-corrected chi connectivity index (χ0v) is 9.82. The third-order valence-corrected chi connectivity index (χ3v) is 4.01. The van der Waals surface area contributed by atoms with E-state index in [1.807, 2.05) is 6.07 Å². The molecule has 0 aromatic carbocycles. The highest BCUT2D eigenvalue weighted by atomic mass is 19.1. The highest BCUT2D eigenvalue weighted by Crippen LogP contribution is 2.37. The Hall–Kier alpha value is -1.22. The van der Waals surface area contributed by atoms with Gasteiger partial charge in [0.2, 0.25) is 5.95 Å². The molecule has 1 aromatic rings. The molecular weight excluding hydrogens is 215 g/mol. The number of hydrogen-bond acceptors (Lipinski definition) is 2. The number of allylic oxidation sites excluding steroid dienone is 2. The van der Waals surface area contributed by atoms with Crippen LogP contribution in [0.3, 0.4) is 0 Å². The molecule has 2 aliphatic rings. The summed E-state index contributed by atoms with van der Waals surface area (Å²) in [6.45, 7) is 2.28. The minimum atomic E-state index is -0.401. The van der Waals surface area contributed by atoms with Crippen LogP contribution in [0.5, 0.6) is 0 Å². The Balaban J connectivity index is 1.80. The topological polar surface area (TPSA) is 24.9 Å². The fourth-order valence-corrected chi connectivity index (χ4v) is 2.99. The second-order valence-corrected chi connectivity index (χ2v) is 5.05. The maximum atomic E-state index is 12.8. The molecule has 2 atom stereocenters. The van der Waals surface area contributed by atoms with E-state index in [-0.39, 0.29) is 0 Å². The first-order chi connectivity index (χ1) is 8.33. The van der Waals surface area contributed by atoms with Crippen molar-refractivity contribution in [3.8, 4) is 0 Å². The number of pyridine rings is 1. The van der Waals surface area contributed by atoms with Gasteiger partial charge in [0, 0.05) is 6.20 Å². The van der Waals surface area contributed by atoms with E-state index in [2.05, 4.69) is 16.4 Å². The van der Waals surface area contributed by atoms with E-state index in [4.69, 9.17) is 0 Å². The molecule has 3 heteroatoms. The number of nitrogens with zero attached hydrogens (tertiary/aromatic N) is 1. The van der Waals surface area contributed by atoms with Gasteiger partial charge in [-0.15, -0.1) is 0 Å². The van der Waals surface area contributed by atoms with Crippen LogP contribution in [0.2, 0.25) is 0 Å². The van der Waals surface area contributed by atoms with Gasteiger partial charge in [-0.3, -0.25) is 0 Å². The molecule has 1 aromatic heterocycles. The Bertz CT molecular complexity index is 424. The SMILES string of the molecule is Fc1ccc(C2=CC[C@@H]3CCNC[C@@H]3C2)cn1. The Morgan fingerprint density at radius 2 is 2.24 bits per heavy atom. The molecule has 0 radical (unpaired) electrons. The number of rotatable bonds is 1. The van der Waals surface area contributed by atoms with Gasteiger partial charge in [-0.25, -0.2) is 4.98 Å². The molecule has 90 valence electrons. The number of aromatic nitrogens is 1. The molecule has 2 nitrogen and oxygen atoms in total. The fraction of sp³-hybridized carbons (Fsp3) is 0.500. The quantitative estimate of drug-likeness (QED) is 0.753. The molecule has 0 spiro atoms. The van der Waals surface area contributed by atoms with Crippen LogP contribution >= 0.6 is 0 Å². The highest BCUT2D eigenvalue weighted by molar-refractivity contribution is 5.65. The molecule has 17 heavy (non-hydrogen) atoms. The molecule has 0 amide bonds. The molecule has 1 fully saturated rings. The largest absolute Gasteiger partial charge is 0.316 e. The summed E-state index contributed by atoms with van der Waals surface area (Å²) in [7, 11) is 0. The van der Waals surface area contributed by atoms with Crippen molar-refractivity contribution in [2.45, 2.75) is 19.3 Å². The number of hydrogen-bond donors (Lipinski definition) is 1. The summed E-state index contributed by atoms with van der Waals surface area (Å²) in [5.41, 5.74) is 2.41. The lowest BCUT2D eigenvalue weighted by Crippen LogP contribution is -2.37. The van der Waals surface area contributed by atoms with Gasteiger partial charge in [-0.1, -0.05) is 6.08 Å². The van der Waals surface area contributed by atoms with Crippen LogP contribution in [-0.4, -0.2) is 18.1 Å². The van der Waals surface area contributed by atoms with Gasteiger partial charge >= 0.3 is 0 Å². The molecule has 1 aliphatic carbocycles. The van der Waals surface area contributed by atoms with Gasteiger partial charge in [0.25, 0.3) is 0 Å². The zero-order valence-electron chi connectivity index (χ0n) is 9.82. The maximum Gasteiger partial charge on any atom is 0.212 e. The Labute approximate surface area is 101 Å². The highest BCUT2D eigenvalue weighted by Gasteiger charge is 2.28. The number of nitrogens with one attached hydrogen (secondary N) is 1. The van der Waals surface area contributed by atoms with Gasteiger partial charge in [0.05, 0.1) is 0 Å². The summed E-state index contributed by atoms with van der Waals surface area (Å²) in [6, 6.07) is 3.28. The summed E-state index contributed by atoms with van der Waals surface area (Å²) in [6.07, 6.45) is 7.53. The van der Waals surface area contributed by atoms with Crippen LogP contribution in [0.4, 0.5) is 4.39 Å². The van der Waals surface area contributed by atoms with Gasteiger partial charge < -0.3 is 5.32 Å². The first-order valence-electron chi connectivity index (χ1n) is 6.34. The first-order valence-corrected chi connectivity index (χ1v) is 6.34. The summed E-state index contributed by atoms with van der Waals surface area (Å²) < 4.78 is 12.8. The predicted molar refractivity (Wildman–Crippen MR) is 65.9 cm³/mol. The van der Waals surface area contributed by atoms with Crippen molar-refractivity contribution in [2.24, 2.45) is 11.8 Å². The molecule has 1 saturated heterocycles.